The van der Waals surface area contributed by atoms with E-state index in [9.17, 15) is 4.79 Å². The zero-order chi connectivity index (χ0) is 16.7. The molecule has 4 heteroatoms. The van der Waals surface area contributed by atoms with Crippen molar-refractivity contribution in [1.29, 1.82) is 0 Å². The molecule has 0 aliphatic carbocycles. The Balaban J connectivity index is 1.80. The lowest BCUT2D eigenvalue weighted by Gasteiger charge is -2.36. The molecule has 23 heavy (non-hydrogen) atoms. The Morgan fingerprint density at radius 2 is 1.78 bits per heavy atom. The van der Waals surface area contributed by atoms with Crippen LogP contribution in [0, 0.1) is 5.92 Å². The fourth-order valence-electron chi connectivity index (χ4n) is 3.28. The highest BCUT2D eigenvalue weighted by molar-refractivity contribution is 5.78. The molecule has 0 spiro atoms. The fraction of sp³-hybridized carbons (Fsp3) is 0.632. The van der Waals surface area contributed by atoms with Gasteiger partial charge in [-0.05, 0) is 30.9 Å². The highest BCUT2D eigenvalue weighted by atomic mass is 16.5. The van der Waals surface area contributed by atoms with Crippen molar-refractivity contribution in [2.24, 2.45) is 5.92 Å². The molecule has 2 rings (SSSR count). The first-order chi connectivity index (χ1) is 11.2. The average Bonchev–Trinajstić information content (AvgIpc) is 2.61. The Morgan fingerprint density at radius 1 is 1.13 bits per heavy atom. The normalized spacial score (nSPS) is 15.9. The van der Waals surface area contributed by atoms with Crippen LogP contribution < -0.4 is 4.74 Å². The number of carbonyl (C=O) groups excluding carboxylic acids is 1. The third-order valence-electron chi connectivity index (χ3n) is 4.91. The van der Waals surface area contributed by atoms with Gasteiger partial charge in [-0.3, -0.25) is 9.69 Å². The van der Waals surface area contributed by atoms with E-state index in [0.29, 0.717) is 5.91 Å². The molecule has 0 atom stereocenters. The van der Waals surface area contributed by atoms with Crippen LogP contribution in [0.2, 0.25) is 0 Å². The summed E-state index contributed by atoms with van der Waals surface area (Å²) in [7, 11) is 1.72. The largest absolute Gasteiger partial charge is 0.496 e. The van der Waals surface area contributed by atoms with Crippen molar-refractivity contribution in [3.8, 4) is 5.75 Å². The van der Waals surface area contributed by atoms with Crippen LogP contribution in [0.15, 0.2) is 24.3 Å². The molecule has 1 amide bonds. The molecule has 0 saturated carbocycles. The molecule has 0 unspecified atom stereocenters. The Labute approximate surface area is 140 Å². The van der Waals surface area contributed by atoms with Crippen LogP contribution in [0.4, 0.5) is 0 Å². The van der Waals surface area contributed by atoms with E-state index in [1.54, 1.807) is 7.11 Å². The van der Waals surface area contributed by atoms with Gasteiger partial charge in [-0.15, -0.1) is 0 Å². The van der Waals surface area contributed by atoms with Crippen molar-refractivity contribution in [2.75, 3.05) is 39.8 Å². The van der Waals surface area contributed by atoms with Gasteiger partial charge in [0.2, 0.25) is 5.91 Å². The zero-order valence-corrected chi connectivity index (χ0v) is 14.8. The van der Waals surface area contributed by atoms with Crippen LogP contribution in [-0.4, -0.2) is 55.5 Å². The molecular weight excluding hydrogens is 288 g/mol. The highest BCUT2D eigenvalue weighted by Gasteiger charge is 2.25. The number of carbonyl (C=O) groups is 1. The number of nitrogens with zero attached hydrogens (tertiary/aromatic N) is 2. The average molecular weight is 318 g/mol. The number of hydrogen-bond donors (Lipinski definition) is 0. The molecule has 4 nitrogen and oxygen atoms in total. The van der Waals surface area contributed by atoms with Crippen LogP contribution in [0.25, 0.3) is 0 Å². The van der Waals surface area contributed by atoms with Gasteiger partial charge in [-0.1, -0.05) is 32.0 Å². The third-order valence-corrected chi connectivity index (χ3v) is 4.91. The molecule has 1 aromatic rings. The lowest BCUT2D eigenvalue weighted by molar-refractivity contribution is -0.137. The summed E-state index contributed by atoms with van der Waals surface area (Å²) in [6, 6.07) is 8.21. The van der Waals surface area contributed by atoms with E-state index in [1.807, 2.05) is 12.1 Å². The van der Waals surface area contributed by atoms with Crippen LogP contribution >= 0.6 is 0 Å². The van der Waals surface area contributed by atoms with Gasteiger partial charge in [0.15, 0.2) is 0 Å². The monoisotopic (exact) mass is 318 g/mol. The highest BCUT2D eigenvalue weighted by Crippen LogP contribution is 2.19. The van der Waals surface area contributed by atoms with E-state index >= 15 is 0 Å². The molecule has 0 aromatic heterocycles. The van der Waals surface area contributed by atoms with Gasteiger partial charge in [0, 0.05) is 38.6 Å². The van der Waals surface area contributed by atoms with E-state index in [4.69, 9.17) is 4.74 Å². The predicted octanol–water partition coefficient (Wildman–Crippen LogP) is 2.82. The van der Waals surface area contributed by atoms with Gasteiger partial charge in [0.05, 0.1) is 7.11 Å². The smallest absolute Gasteiger partial charge is 0.225 e. The summed E-state index contributed by atoms with van der Waals surface area (Å²) in [5, 5.41) is 0. The second kappa shape index (κ2) is 8.92. The topological polar surface area (TPSA) is 32.8 Å². The van der Waals surface area contributed by atoms with Crippen molar-refractivity contribution < 1.29 is 9.53 Å². The summed E-state index contributed by atoms with van der Waals surface area (Å²) >= 11 is 0. The molecule has 1 aliphatic heterocycles. The molecule has 0 bridgehead atoms. The third kappa shape index (κ3) is 4.71. The molecule has 1 aromatic carbocycles. The van der Waals surface area contributed by atoms with E-state index in [1.165, 1.54) is 5.56 Å². The van der Waals surface area contributed by atoms with E-state index in [0.717, 1.165) is 57.7 Å². The summed E-state index contributed by atoms with van der Waals surface area (Å²) in [5.41, 5.74) is 1.26. The van der Waals surface area contributed by atoms with Crippen LogP contribution in [-0.2, 0) is 11.2 Å². The maximum atomic E-state index is 12.4. The number of amides is 1. The van der Waals surface area contributed by atoms with Crippen LogP contribution in [0.5, 0.6) is 5.75 Å². The summed E-state index contributed by atoms with van der Waals surface area (Å²) in [4.78, 5) is 16.9. The Bertz CT molecular complexity index is 492. The molecule has 1 saturated heterocycles. The van der Waals surface area contributed by atoms with Crippen molar-refractivity contribution in [3.05, 3.63) is 29.8 Å². The van der Waals surface area contributed by atoms with Crippen LogP contribution in [0.1, 0.15) is 32.3 Å². The van der Waals surface area contributed by atoms with Gasteiger partial charge in [-0.25, -0.2) is 0 Å². The molecule has 1 aliphatic rings. The van der Waals surface area contributed by atoms with Gasteiger partial charge < -0.3 is 9.64 Å². The van der Waals surface area contributed by atoms with Crippen molar-refractivity contribution in [3.63, 3.8) is 0 Å². The molecule has 0 radical (unpaired) electrons. The molecule has 1 heterocycles. The quantitative estimate of drug-likeness (QED) is 0.775. The number of ether oxygens (including phenoxy) is 1. The van der Waals surface area contributed by atoms with Gasteiger partial charge in [0.1, 0.15) is 5.75 Å². The lowest BCUT2D eigenvalue weighted by atomic mass is 10.0. The Kier molecular flexibility index (Phi) is 6.90. The first-order valence-corrected chi connectivity index (χ1v) is 8.82. The van der Waals surface area contributed by atoms with E-state index in [2.05, 4.69) is 35.8 Å². The minimum atomic E-state index is 0.204. The van der Waals surface area contributed by atoms with Crippen molar-refractivity contribution in [2.45, 2.75) is 33.1 Å². The summed E-state index contributed by atoms with van der Waals surface area (Å²) in [6.07, 6.45) is 2.89. The second-order valence-electron chi connectivity index (χ2n) is 6.24. The second-order valence-corrected chi connectivity index (χ2v) is 6.24. The SMILES string of the molecule is CCC(CC)C(=O)N1CCN(CCc2ccccc2OC)CC1. The summed E-state index contributed by atoms with van der Waals surface area (Å²) < 4.78 is 5.41. The Hall–Kier alpha value is -1.55. The minimum absolute atomic E-state index is 0.204. The number of benzene rings is 1. The van der Waals surface area contributed by atoms with E-state index in [-0.39, 0.29) is 5.92 Å². The molecule has 0 N–H and O–H groups in total. The first-order valence-electron chi connectivity index (χ1n) is 8.82. The number of hydrogen-bond acceptors (Lipinski definition) is 3. The van der Waals surface area contributed by atoms with Crippen molar-refractivity contribution in [1.82, 2.24) is 9.80 Å². The Morgan fingerprint density at radius 3 is 2.39 bits per heavy atom. The maximum Gasteiger partial charge on any atom is 0.225 e. The van der Waals surface area contributed by atoms with Crippen molar-refractivity contribution >= 4 is 5.91 Å². The van der Waals surface area contributed by atoms with Crippen LogP contribution in [0.3, 0.4) is 0 Å². The molecule has 128 valence electrons. The summed E-state index contributed by atoms with van der Waals surface area (Å²) in [5.74, 6) is 1.52. The number of piperazine rings is 1. The molecular formula is C19H30N2O2. The number of rotatable bonds is 7. The first kappa shape index (κ1) is 17.8. The maximum absolute atomic E-state index is 12.4. The summed E-state index contributed by atoms with van der Waals surface area (Å²) in [6.45, 7) is 8.91. The van der Waals surface area contributed by atoms with Gasteiger partial charge in [-0.2, -0.15) is 0 Å². The number of methoxy groups -OCH3 is 1. The lowest BCUT2D eigenvalue weighted by Crippen LogP contribution is -2.50. The fourth-order valence-corrected chi connectivity index (χ4v) is 3.28. The van der Waals surface area contributed by atoms with E-state index < -0.39 is 0 Å². The molecule has 1 fully saturated rings. The minimum Gasteiger partial charge on any atom is -0.496 e. The zero-order valence-electron chi connectivity index (χ0n) is 14.8. The van der Waals surface area contributed by atoms with Gasteiger partial charge >= 0.3 is 0 Å². The van der Waals surface area contributed by atoms with Gasteiger partial charge in [0.25, 0.3) is 0 Å². The predicted molar refractivity (Wildman–Crippen MR) is 93.8 cm³/mol. The number of para-hydroxylation sites is 1. The standard InChI is InChI=1S/C19H30N2O2/c1-4-16(5-2)19(22)21-14-12-20(13-15-21)11-10-17-8-6-7-9-18(17)23-3/h6-9,16H,4-5,10-15H2,1-3H3.